The molecule has 0 radical (unpaired) electrons. The normalized spacial score (nSPS) is 15.3. The zero-order valence-corrected chi connectivity index (χ0v) is 17.0. The zero-order chi connectivity index (χ0) is 18.7. The van der Waals surface area contributed by atoms with Gasteiger partial charge in [0.25, 0.3) is 0 Å². The van der Waals surface area contributed by atoms with Crippen molar-refractivity contribution in [2.24, 2.45) is 0 Å². The number of rotatable bonds is 7. The van der Waals surface area contributed by atoms with Crippen LogP contribution in [-0.2, 0) is 25.8 Å². The molecule has 1 aromatic carbocycles. The molecule has 25 heavy (non-hydrogen) atoms. The van der Waals surface area contributed by atoms with E-state index >= 15 is 0 Å². The molecule has 6 heteroatoms. The first kappa shape index (κ1) is 22.2. The van der Waals surface area contributed by atoms with Gasteiger partial charge in [0.1, 0.15) is 21.6 Å². The summed E-state index contributed by atoms with van der Waals surface area (Å²) in [4.78, 5) is 11.4. The van der Waals surface area contributed by atoms with Crippen LogP contribution in [-0.4, -0.2) is 36.0 Å². The molecule has 0 amide bonds. The lowest BCUT2D eigenvalue weighted by Crippen LogP contribution is -2.25. The van der Waals surface area contributed by atoms with Crippen LogP contribution >= 0.6 is 0 Å². The summed E-state index contributed by atoms with van der Waals surface area (Å²) in [6.45, 7) is 4.01. The van der Waals surface area contributed by atoms with Gasteiger partial charge in [0.15, 0.2) is 11.5 Å². The SMILES string of the molecule is CCCCCC(=O)C[S+]1CCCCC1.Cc1ccc(S(=O)(=O)[O-])cc1. The topological polar surface area (TPSA) is 74.3 Å². The van der Waals surface area contributed by atoms with Gasteiger partial charge in [0.2, 0.25) is 0 Å². The highest BCUT2D eigenvalue weighted by Gasteiger charge is 2.24. The molecule has 4 nitrogen and oxygen atoms in total. The van der Waals surface area contributed by atoms with E-state index in [1.54, 1.807) is 12.1 Å². The second-order valence-corrected chi connectivity index (χ2v) is 10.2. The van der Waals surface area contributed by atoms with Crippen LogP contribution in [0.5, 0.6) is 0 Å². The Morgan fingerprint density at radius 3 is 2.20 bits per heavy atom. The van der Waals surface area contributed by atoms with Gasteiger partial charge < -0.3 is 4.55 Å². The van der Waals surface area contributed by atoms with Crippen LogP contribution in [0.25, 0.3) is 0 Å². The fourth-order valence-corrected chi connectivity index (χ4v) is 5.40. The zero-order valence-electron chi connectivity index (χ0n) is 15.3. The van der Waals surface area contributed by atoms with Crippen molar-refractivity contribution < 1.29 is 17.8 Å². The highest BCUT2D eigenvalue weighted by atomic mass is 32.2. The molecule has 1 aliphatic heterocycles. The molecule has 0 bridgehead atoms. The van der Waals surface area contributed by atoms with Crippen molar-refractivity contribution in [2.45, 2.75) is 63.7 Å². The molecule has 0 aliphatic carbocycles. The number of hydrogen-bond donors (Lipinski definition) is 0. The number of carbonyl (C=O) groups is 1. The number of hydrogen-bond acceptors (Lipinski definition) is 4. The Kier molecular flexibility index (Phi) is 10.4. The lowest BCUT2D eigenvalue weighted by molar-refractivity contribution is -0.116. The van der Waals surface area contributed by atoms with Crippen LogP contribution in [0, 0.1) is 6.92 Å². The molecule has 2 rings (SSSR count). The maximum absolute atomic E-state index is 11.6. The van der Waals surface area contributed by atoms with Gasteiger partial charge in [-0.05, 0) is 55.6 Å². The highest BCUT2D eigenvalue weighted by molar-refractivity contribution is 7.97. The van der Waals surface area contributed by atoms with Gasteiger partial charge in [-0.1, -0.05) is 37.5 Å². The molecule has 0 aromatic heterocycles. The van der Waals surface area contributed by atoms with E-state index in [0.717, 1.165) is 24.2 Å². The molecular weight excluding hydrogens is 356 g/mol. The van der Waals surface area contributed by atoms with Crippen LogP contribution in [0.3, 0.4) is 0 Å². The van der Waals surface area contributed by atoms with E-state index < -0.39 is 10.1 Å². The van der Waals surface area contributed by atoms with Crippen LogP contribution < -0.4 is 0 Å². The Morgan fingerprint density at radius 2 is 1.68 bits per heavy atom. The lowest BCUT2D eigenvalue weighted by Gasteiger charge is -2.12. The van der Waals surface area contributed by atoms with Crippen molar-refractivity contribution in [3.8, 4) is 0 Å². The van der Waals surface area contributed by atoms with E-state index in [2.05, 4.69) is 6.92 Å². The molecule has 0 N–H and O–H groups in total. The van der Waals surface area contributed by atoms with Gasteiger partial charge in [0, 0.05) is 6.42 Å². The maximum Gasteiger partial charge on any atom is 0.181 e. The Hall–Kier alpha value is -0.850. The minimum absolute atomic E-state index is 0.178. The van der Waals surface area contributed by atoms with Gasteiger partial charge in [-0.15, -0.1) is 0 Å². The first-order chi connectivity index (χ1) is 11.8. The van der Waals surface area contributed by atoms with Crippen molar-refractivity contribution in [3.05, 3.63) is 29.8 Å². The quantitative estimate of drug-likeness (QED) is 0.405. The minimum atomic E-state index is -4.27. The molecule has 142 valence electrons. The van der Waals surface area contributed by atoms with Crippen LogP contribution in [0.1, 0.15) is 57.4 Å². The average Bonchev–Trinajstić information content (AvgIpc) is 2.56. The largest absolute Gasteiger partial charge is 0.744 e. The summed E-state index contributed by atoms with van der Waals surface area (Å²) in [7, 11) is -3.80. The fourth-order valence-electron chi connectivity index (χ4n) is 2.61. The second-order valence-electron chi connectivity index (χ2n) is 6.49. The maximum atomic E-state index is 11.6. The summed E-state index contributed by atoms with van der Waals surface area (Å²) < 4.78 is 31.2. The third-order valence-corrected chi connectivity index (χ3v) is 7.41. The molecule has 0 atom stereocenters. The predicted molar refractivity (Wildman–Crippen MR) is 104 cm³/mol. The third kappa shape index (κ3) is 10.0. The summed E-state index contributed by atoms with van der Waals surface area (Å²) in [6.07, 6.45) is 8.53. The van der Waals surface area contributed by atoms with Crippen LogP contribution in [0.15, 0.2) is 29.2 Å². The second kappa shape index (κ2) is 11.7. The van der Waals surface area contributed by atoms with E-state index in [4.69, 9.17) is 0 Å². The summed E-state index contributed by atoms with van der Waals surface area (Å²) in [5, 5.41) is 0. The van der Waals surface area contributed by atoms with Crippen LogP contribution in [0.4, 0.5) is 0 Å². The number of Topliss-reactive ketones (excluding diaryl/α,β-unsaturated/α-hetero) is 1. The molecule has 0 saturated carbocycles. The minimum Gasteiger partial charge on any atom is -0.744 e. The Labute approximate surface area is 155 Å². The lowest BCUT2D eigenvalue weighted by atomic mass is 10.2. The van der Waals surface area contributed by atoms with Gasteiger partial charge in [-0.3, -0.25) is 4.79 Å². The molecule has 1 aliphatic rings. The summed E-state index contributed by atoms with van der Waals surface area (Å²) in [5.74, 6) is 4.10. The van der Waals surface area contributed by atoms with Crippen LogP contribution in [0.2, 0.25) is 0 Å². The van der Waals surface area contributed by atoms with E-state index in [0.29, 0.717) is 16.7 Å². The van der Waals surface area contributed by atoms with E-state index in [-0.39, 0.29) is 4.90 Å². The van der Waals surface area contributed by atoms with Crippen molar-refractivity contribution in [2.75, 3.05) is 17.3 Å². The average molecular weight is 387 g/mol. The number of carbonyl (C=O) groups excluding carboxylic acids is 1. The highest BCUT2D eigenvalue weighted by Crippen LogP contribution is 2.14. The molecular formula is C19H30O4S2. The van der Waals surface area contributed by atoms with Crippen molar-refractivity contribution in [1.29, 1.82) is 0 Å². The number of unbranched alkanes of at least 4 members (excludes halogenated alkanes) is 2. The standard InChI is InChI=1S/C12H23OS.C7H8O3S/c1-2-3-5-8-12(13)11-14-9-6-4-7-10-14;1-6-2-4-7(5-3-6)11(8,9)10/h2-11H2,1H3;2-5H,1H3,(H,8,9,10)/q+1;/p-1. The monoisotopic (exact) mass is 386 g/mol. The first-order valence-corrected chi connectivity index (χ1v) is 12.2. The first-order valence-electron chi connectivity index (χ1n) is 9.01. The Morgan fingerprint density at radius 1 is 1.08 bits per heavy atom. The summed E-state index contributed by atoms with van der Waals surface area (Å²) in [5.41, 5.74) is 0.928. The Bertz CT molecular complexity index is 603. The van der Waals surface area contributed by atoms with Crippen molar-refractivity contribution in [1.82, 2.24) is 0 Å². The van der Waals surface area contributed by atoms with Gasteiger partial charge in [0.05, 0.1) is 4.90 Å². The summed E-state index contributed by atoms with van der Waals surface area (Å²) >= 11 is 0. The number of aryl methyl sites for hydroxylation is 1. The van der Waals surface area contributed by atoms with Gasteiger partial charge in [-0.25, -0.2) is 8.42 Å². The van der Waals surface area contributed by atoms with E-state index in [9.17, 15) is 17.8 Å². The Balaban J connectivity index is 0.000000257. The molecule has 1 saturated heterocycles. The third-order valence-electron chi connectivity index (χ3n) is 4.10. The van der Waals surface area contributed by atoms with Crippen molar-refractivity contribution in [3.63, 3.8) is 0 Å². The fraction of sp³-hybridized carbons (Fsp3) is 0.632. The van der Waals surface area contributed by atoms with Gasteiger partial charge >= 0.3 is 0 Å². The van der Waals surface area contributed by atoms with Crippen molar-refractivity contribution >= 4 is 26.8 Å². The van der Waals surface area contributed by atoms with E-state index in [1.807, 2.05) is 6.92 Å². The summed E-state index contributed by atoms with van der Waals surface area (Å²) in [6, 6.07) is 5.78. The number of ketones is 1. The molecule has 1 aromatic rings. The smallest absolute Gasteiger partial charge is 0.181 e. The molecule has 0 spiro atoms. The molecule has 0 unspecified atom stereocenters. The van der Waals surface area contributed by atoms with E-state index in [1.165, 1.54) is 55.7 Å². The van der Waals surface area contributed by atoms with Gasteiger partial charge in [-0.2, -0.15) is 0 Å². The molecule has 1 heterocycles. The molecule has 1 fully saturated rings. The predicted octanol–water partition coefficient (Wildman–Crippen LogP) is 3.84. The number of benzene rings is 1.